The van der Waals surface area contributed by atoms with Crippen LogP contribution in [0.25, 0.3) is 0 Å². The molecule has 102 valence electrons. The molecule has 0 heterocycles. The highest BCUT2D eigenvalue weighted by molar-refractivity contribution is 6.17. The lowest BCUT2D eigenvalue weighted by Gasteiger charge is -2.13. The van der Waals surface area contributed by atoms with Gasteiger partial charge in [-0.15, -0.1) is 24.8 Å². The van der Waals surface area contributed by atoms with Crippen LogP contribution in [0.15, 0.2) is 24.3 Å². The number of benzene rings is 1. The van der Waals surface area contributed by atoms with Gasteiger partial charge < -0.3 is 9.47 Å². The highest BCUT2D eigenvalue weighted by Crippen LogP contribution is 2.31. The van der Waals surface area contributed by atoms with Crippen molar-refractivity contribution in [3.05, 3.63) is 24.3 Å². The molecule has 0 amide bonds. The maximum Gasteiger partial charge on any atom is 0.573 e. The van der Waals surface area contributed by atoms with E-state index >= 15 is 0 Å². The van der Waals surface area contributed by atoms with E-state index in [2.05, 4.69) is 4.74 Å². The van der Waals surface area contributed by atoms with Gasteiger partial charge in [-0.3, -0.25) is 0 Å². The van der Waals surface area contributed by atoms with E-state index in [1.807, 2.05) is 0 Å². The third-order valence-electron chi connectivity index (χ3n) is 2.11. The predicted molar refractivity (Wildman–Crippen MR) is 63.2 cm³/mol. The summed E-state index contributed by atoms with van der Waals surface area (Å²) in [5.74, 6) is 0.358. The molecule has 1 rings (SSSR count). The Morgan fingerprint density at radius 3 is 2.28 bits per heavy atom. The number of hydrogen-bond donors (Lipinski definition) is 0. The molecular weight excluding hydrogens is 269 g/mol. The van der Waals surface area contributed by atoms with Crippen LogP contribution in [0.3, 0.4) is 0 Å². The van der Waals surface area contributed by atoms with Crippen molar-refractivity contribution >= 4 is 11.6 Å². The molecule has 0 N–H and O–H groups in total. The summed E-state index contributed by atoms with van der Waals surface area (Å²) in [6.07, 6.45) is -2.22. The first-order chi connectivity index (χ1) is 8.53. The lowest BCUT2D eigenvalue weighted by Crippen LogP contribution is -2.17. The lowest BCUT2D eigenvalue weighted by molar-refractivity contribution is -0.275. The van der Waals surface area contributed by atoms with E-state index in [0.29, 0.717) is 12.5 Å². The van der Waals surface area contributed by atoms with Crippen LogP contribution in [0.4, 0.5) is 13.2 Å². The van der Waals surface area contributed by atoms with Gasteiger partial charge in [-0.05, 0) is 31.4 Å². The molecule has 1 aromatic carbocycles. The summed E-state index contributed by atoms with van der Waals surface area (Å²) in [5, 5.41) is 0. The highest BCUT2D eigenvalue weighted by atomic mass is 35.5. The summed E-state index contributed by atoms with van der Waals surface area (Å²) in [4.78, 5) is 0. The molecule has 0 unspecified atom stereocenters. The van der Waals surface area contributed by atoms with Crippen LogP contribution in [0.2, 0.25) is 0 Å². The summed E-state index contributed by atoms with van der Waals surface area (Å²) in [5.41, 5.74) is 0. The summed E-state index contributed by atoms with van der Waals surface area (Å²) >= 11 is 5.51. The fourth-order valence-corrected chi connectivity index (χ4v) is 1.52. The Hall–Kier alpha value is -1.10. The molecule has 0 aliphatic heterocycles. The number of rotatable bonds is 7. The van der Waals surface area contributed by atoms with E-state index in [4.69, 9.17) is 16.3 Å². The van der Waals surface area contributed by atoms with Crippen LogP contribution in [0.5, 0.6) is 11.5 Å². The minimum atomic E-state index is -4.71. The Balaban J connectivity index is 2.49. The fraction of sp³-hybridized carbons (Fsp3) is 0.500. The molecular formula is C12H14ClF3O2. The molecule has 0 aliphatic carbocycles. The van der Waals surface area contributed by atoms with Gasteiger partial charge in [0.25, 0.3) is 0 Å². The zero-order chi connectivity index (χ0) is 13.4. The van der Waals surface area contributed by atoms with E-state index in [0.717, 1.165) is 19.3 Å². The summed E-state index contributed by atoms with van der Waals surface area (Å²) in [6, 6.07) is 5.73. The third-order valence-corrected chi connectivity index (χ3v) is 2.38. The second-order valence-electron chi connectivity index (χ2n) is 3.59. The number of alkyl halides is 4. The summed E-state index contributed by atoms with van der Waals surface area (Å²) in [7, 11) is 0. The molecule has 18 heavy (non-hydrogen) atoms. The SMILES string of the molecule is FC(F)(F)Oc1ccccc1OCCCCCCl. The first kappa shape index (κ1) is 15.0. The van der Waals surface area contributed by atoms with E-state index in [1.54, 1.807) is 6.07 Å². The van der Waals surface area contributed by atoms with Gasteiger partial charge in [0, 0.05) is 5.88 Å². The van der Waals surface area contributed by atoms with Gasteiger partial charge in [0.15, 0.2) is 11.5 Å². The van der Waals surface area contributed by atoms with Gasteiger partial charge in [0.2, 0.25) is 0 Å². The van der Waals surface area contributed by atoms with Crippen LogP contribution in [0, 0.1) is 0 Å². The van der Waals surface area contributed by atoms with Gasteiger partial charge in [-0.2, -0.15) is 0 Å². The van der Waals surface area contributed by atoms with Crippen molar-refractivity contribution in [1.29, 1.82) is 0 Å². The first-order valence-electron chi connectivity index (χ1n) is 5.56. The maximum absolute atomic E-state index is 12.1. The average molecular weight is 283 g/mol. The van der Waals surface area contributed by atoms with Crippen molar-refractivity contribution in [2.24, 2.45) is 0 Å². The topological polar surface area (TPSA) is 18.5 Å². The van der Waals surface area contributed by atoms with Crippen LogP contribution in [-0.2, 0) is 0 Å². The molecule has 6 heteroatoms. The van der Waals surface area contributed by atoms with Crippen molar-refractivity contribution in [2.75, 3.05) is 12.5 Å². The van der Waals surface area contributed by atoms with Gasteiger partial charge >= 0.3 is 6.36 Å². The molecule has 0 saturated heterocycles. The van der Waals surface area contributed by atoms with E-state index in [9.17, 15) is 13.2 Å². The van der Waals surface area contributed by atoms with Gasteiger partial charge in [-0.25, -0.2) is 0 Å². The van der Waals surface area contributed by atoms with Crippen molar-refractivity contribution in [3.8, 4) is 11.5 Å². The zero-order valence-electron chi connectivity index (χ0n) is 9.67. The monoisotopic (exact) mass is 282 g/mol. The van der Waals surface area contributed by atoms with Crippen LogP contribution in [-0.4, -0.2) is 18.8 Å². The molecule has 0 saturated carbocycles. The molecule has 0 radical (unpaired) electrons. The van der Waals surface area contributed by atoms with Crippen molar-refractivity contribution in [3.63, 3.8) is 0 Å². The van der Waals surface area contributed by atoms with Gasteiger partial charge in [0.05, 0.1) is 6.61 Å². The largest absolute Gasteiger partial charge is 0.573 e. The lowest BCUT2D eigenvalue weighted by atomic mass is 10.2. The molecule has 0 atom stereocenters. The molecule has 2 nitrogen and oxygen atoms in total. The quantitative estimate of drug-likeness (QED) is 0.546. The molecule has 0 bridgehead atoms. The second-order valence-corrected chi connectivity index (χ2v) is 3.97. The number of unbranched alkanes of at least 4 members (excludes halogenated alkanes) is 2. The minimum Gasteiger partial charge on any atom is -0.490 e. The number of para-hydroxylation sites is 2. The van der Waals surface area contributed by atoms with Crippen LogP contribution < -0.4 is 9.47 Å². The maximum atomic E-state index is 12.1. The van der Waals surface area contributed by atoms with Gasteiger partial charge in [0.1, 0.15) is 0 Å². The Bertz CT molecular complexity index is 355. The molecule has 0 aliphatic rings. The molecule has 0 aromatic heterocycles. The fourth-order valence-electron chi connectivity index (χ4n) is 1.33. The van der Waals surface area contributed by atoms with E-state index < -0.39 is 6.36 Å². The summed E-state index contributed by atoms with van der Waals surface area (Å²) in [6.45, 7) is 0.342. The zero-order valence-corrected chi connectivity index (χ0v) is 10.4. The normalized spacial score (nSPS) is 11.3. The van der Waals surface area contributed by atoms with E-state index in [1.165, 1.54) is 18.2 Å². The molecule has 1 aromatic rings. The van der Waals surface area contributed by atoms with Crippen molar-refractivity contribution in [1.82, 2.24) is 0 Å². The van der Waals surface area contributed by atoms with Crippen LogP contribution >= 0.6 is 11.6 Å². The van der Waals surface area contributed by atoms with Gasteiger partial charge in [-0.1, -0.05) is 12.1 Å². The predicted octanol–water partition coefficient (Wildman–Crippen LogP) is 4.37. The average Bonchev–Trinajstić information content (AvgIpc) is 2.29. The molecule has 0 spiro atoms. The minimum absolute atomic E-state index is 0.0979. The standard InChI is InChI=1S/C12H14ClF3O2/c13-8-4-1-5-9-17-10-6-2-3-7-11(10)18-12(14,15)16/h2-3,6-7H,1,4-5,8-9H2. The molecule has 0 fully saturated rings. The summed E-state index contributed by atoms with van der Waals surface area (Å²) < 4.78 is 45.5. The van der Waals surface area contributed by atoms with Crippen LogP contribution in [0.1, 0.15) is 19.3 Å². The number of halogens is 4. The van der Waals surface area contributed by atoms with E-state index in [-0.39, 0.29) is 11.5 Å². The highest BCUT2D eigenvalue weighted by Gasteiger charge is 2.32. The Morgan fingerprint density at radius 1 is 1.00 bits per heavy atom. The Kier molecular flexibility index (Phi) is 6.12. The van der Waals surface area contributed by atoms with Crippen molar-refractivity contribution < 1.29 is 22.6 Å². The Labute approximate surface area is 109 Å². The number of hydrogen-bond acceptors (Lipinski definition) is 2. The Morgan fingerprint density at radius 2 is 1.67 bits per heavy atom. The number of ether oxygens (including phenoxy) is 2. The van der Waals surface area contributed by atoms with Crippen molar-refractivity contribution in [2.45, 2.75) is 25.6 Å². The second kappa shape index (κ2) is 7.36. The smallest absolute Gasteiger partial charge is 0.490 e. The third kappa shape index (κ3) is 6.00. The first-order valence-corrected chi connectivity index (χ1v) is 6.10.